The molecule has 7 heteroatoms. The predicted octanol–water partition coefficient (Wildman–Crippen LogP) is 3.36. The summed E-state index contributed by atoms with van der Waals surface area (Å²) in [6, 6.07) is 6.57. The second-order valence-corrected chi connectivity index (χ2v) is 6.71. The van der Waals surface area contributed by atoms with Gasteiger partial charge in [-0.2, -0.15) is 0 Å². The lowest BCUT2D eigenvalue weighted by Gasteiger charge is -2.35. The molecular formula is C16H19ClN4O2. The van der Waals surface area contributed by atoms with Crippen molar-refractivity contribution in [3.63, 3.8) is 0 Å². The zero-order valence-electron chi connectivity index (χ0n) is 13.2. The highest BCUT2D eigenvalue weighted by atomic mass is 35.5. The molecule has 0 unspecified atom stereocenters. The molecule has 23 heavy (non-hydrogen) atoms. The third kappa shape index (κ3) is 3.47. The molecule has 0 atom stereocenters. The highest BCUT2D eigenvalue weighted by molar-refractivity contribution is 6.30. The first-order chi connectivity index (χ1) is 11.0. The van der Waals surface area contributed by atoms with Crippen molar-refractivity contribution in [2.24, 2.45) is 0 Å². The molecule has 1 aromatic heterocycles. The van der Waals surface area contributed by atoms with Crippen LogP contribution in [-0.4, -0.2) is 23.3 Å². The number of hydrogen-bond donors (Lipinski definition) is 0. The minimum Gasteiger partial charge on any atom is -0.584 e. The van der Waals surface area contributed by atoms with Gasteiger partial charge < -0.3 is 14.6 Å². The fraction of sp³-hybridized carbons (Fsp3) is 0.438. The Morgan fingerprint density at radius 1 is 1.35 bits per heavy atom. The summed E-state index contributed by atoms with van der Waals surface area (Å²) in [6.07, 6.45) is 5.04. The molecule has 1 aromatic carbocycles. The van der Waals surface area contributed by atoms with Gasteiger partial charge in [-0.3, -0.25) is 0 Å². The summed E-state index contributed by atoms with van der Waals surface area (Å²) in [5, 5.41) is 10.7. The van der Waals surface area contributed by atoms with Crippen LogP contribution in [0.4, 0.5) is 5.88 Å². The Bertz CT molecular complexity index is 696. The summed E-state index contributed by atoms with van der Waals surface area (Å²) in [7, 11) is 0. The molecule has 2 aromatic rings. The average Bonchev–Trinajstić information content (AvgIpc) is 2.95. The second kappa shape index (κ2) is 6.20. The van der Waals surface area contributed by atoms with E-state index in [1.165, 1.54) is 6.42 Å². The van der Waals surface area contributed by atoms with Crippen molar-refractivity contribution >= 4 is 23.4 Å². The molecule has 0 radical (unpaired) electrons. The lowest BCUT2D eigenvalue weighted by molar-refractivity contribution is -0.766. The Labute approximate surface area is 140 Å². The van der Waals surface area contributed by atoms with Gasteiger partial charge in [-0.15, -0.1) is 5.01 Å². The maximum absolute atomic E-state index is 12.1. The van der Waals surface area contributed by atoms with Gasteiger partial charge in [0, 0.05) is 5.02 Å². The van der Waals surface area contributed by atoms with Crippen molar-refractivity contribution in [3.05, 3.63) is 46.4 Å². The number of amides is 1. The number of carbonyl (C=O) groups excluding carboxylic acids is 1. The molecule has 0 bridgehead atoms. The van der Waals surface area contributed by atoms with Gasteiger partial charge in [-0.25, -0.2) is 0 Å². The number of nitrogens with zero attached hydrogens (tertiary/aromatic N) is 4. The van der Waals surface area contributed by atoms with E-state index in [2.05, 4.69) is 29.4 Å². The molecular weight excluding hydrogens is 316 g/mol. The van der Waals surface area contributed by atoms with Crippen molar-refractivity contribution < 1.29 is 14.1 Å². The van der Waals surface area contributed by atoms with Gasteiger partial charge in [0.2, 0.25) is 5.27 Å². The third-order valence-corrected chi connectivity index (χ3v) is 4.35. The predicted molar refractivity (Wildman–Crippen MR) is 86.5 cm³/mol. The number of hydrogen-bond acceptors (Lipinski definition) is 4. The molecule has 0 spiro atoms. The van der Waals surface area contributed by atoms with Crippen LogP contribution in [0.1, 0.15) is 43.5 Å². The molecule has 122 valence electrons. The molecule has 0 aliphatic carbocycles. The highest BCUT2D eigenvalue weighted by Gasteiger charge is 2.37. The normalized spacial score (nSPS) is 17.1. The Hall–Kier alpha value is -2.08. The number of halogens is 1. The molecule has 6 nitrogen and oxygen atoms in total. The van der Waals surface area contributed by atoms with Crippen LogP contribution in [0.3, 0.4) is 0 Å². The molecule has 3 rings (SSSR count). The van der Waals surface area contributed by atoms with Crippen LogP contribution in [0.2, 0.25) is 5.02 Å². The summed E-state index contributed by atoms with van der Waals surface area (Å²) in [5.41, 5.74) is 0.452. The minimum atomic E-state index is -0.386. The second-order valence-electron chi connectivity index (χ2n) is 6.28. The molecule has 2 heterocycles. The van der Waals surface area contributed by atoms with E-state index in [9.17, 15) is 4.79 Å². The van der Waals surface area contributed by atoms with Gasteiger partial charge in [0.1, 0.15) is 5.88 Å². The number of carbonyl (C=O) groups is 1. The smallest absolute Gasteiger partial charge is 0.257 e. The topological polar surface area (TPSA) is 64.3 Å². The zero-order valence-corrected chi connectivity index (χ0v) is 14.0. The van der Waals surface area contributed by atoms with Crippen LogP contribution in [-0.2, 0) is 0 Å². The van der Waals surface area contributed by atoms with Gasteiger partial charge in [0.15, 0.2) is 0 Å². The van der Waals surface area contributed by atoms with Crippen molar-refractivity contribution in [2.45, 2.75) is 38.6 Å². The Balaban J connectivity index is 1.72. The van der Waals surface area contributed by atoms with E-state index >= 15 is 0 Å². The Morgan fingerprint density at radius 3 is 2.78 bits per heavy atom. The van der Waals surface area contributed by atoms with Crippen LogP contribution >= 0.6 is 11.6 Å². The van der Waals surface area contributed by atoms with E-state index in [0.29, 0.717) is 10.6 Å². The lowest BCUT2D eigenvalue weighted by Crippen LogP contribution is -2.69. The van der Waals surface area contributed by atoms with E-state index in [-0.39, 0.29) is 17.3 Å². The Kier molecular flexibility index (Phi) is 4.26. The van der Waals surface area contributed by atoms with E-state index < -0.39 is 0 Å². The van der Waals surface area contributed by atoms with Gasteiger partial charge >= 0.3 is 0 Å². The van der Waals surface area contributed by atoms with Crippen molar-refractivity contribution in [3.8, 4) is 0 Å². The largest absolute Gasteiger partial charge is 0.584 e. The number of piperidine rings is 1. The molecule has 1 fully saturated rings. The third-order valence-electron chi connectivity index (χ3n) is 4.10. The highest BCUT2D eigenvalue weighted by Crippen LogP contribution is 2.25. The average molecular weight is 335 g/mol. The van der Waals surface area contributed by atoms with Gasteiger partial charge in [0.25, 0.3) is 6.20 Å². The molecule has 1 amide bonds. The van der Waals surface area contributed by atoms with Gasteiger partial charge in [-0.1, -0.05) is 23.7 Å². The number of rotatable bonds is 3. The Morgan fingerprint density at radius 2 is 2.09 bits per heavy atom. The van der Waals surface area contributed by atoms with Gasteiger partial charge in [-0.05, 0) is 50.8 Å². The maximum atomic E-state index is 12.1. The summed E-state index contributed by atoms with van der Waals surface area (Å²) >= 11 is 5.81. The van der Waals surface area contributed by atoms with Gasteiger partial charge in [0.05, 0.1) is 22.8 Å². The fourth-order valence-corrected chi connectivity index (χ4v) is 2.91. The van der Waals surface area contributed by atoms with Crippen molar-refractivity contribution in [1.29, 1.82) is 0 Å². The first-order valence-corrected chi connectivity index (χ1v) is 8.02. The SMILES string of the molecule is CC1(C)CCCCN1[n+]1cc([N-]C(=O)c2ccc(Cl)cc2)on1. The summed E-state index contributed by atoms with van der Waals surface area (Å²) in [5.74, 6) is -0.200. The summed E-state index contributed by atoms with van der Waals surface area (Å²) in [4.78, 5) is 13.8. The monoisotopic (exact) mass is 334 g/mol. The number of benzene rings is 1. The molecule has 1 aliphatic heterocycles. The van der Waals surface area contributed by atoms with E-state index in [1.807, 2.05) is 0 Å². The maximum Gasteiger partial charge on any atom is 0.257 e. The molecule has 1 saturated heterocycles. The molecule has 0 N–H and O–H groups in total. The van der Waals surface area contributed by atoms with Crippen LogP contribution < -0.4 is 9.80 Å². The van der Waals surface area contributed by atoms with Crippen LogP contribution in [0, 0.1) is 0 Å². The van der Waals surface area contributed by atoms with E-state index in [4.69, 9.17) is 16.1 Å². The quantitative estimate of drug-likeness (QED) is 0.807. The van der Waals surface area contributed by atoms with Crippen LogP contribution in [0.25, 0.3) is 5.32 Å². The lowest BCUT2D eigenvalue weighted by atomic mass is 9.92. The summed E-state index contributed by atoms with van der Waals surface area (Å²) in [6.45, 7) is 5.24. The van der Waals surface area contributed by atoms with E-state index in [0.717, 1.165) is 19.4 Å². The first kappa shape index (κ1) is 15.8. The number of aromatic nitrogens is 2. The first-order valence-electron chi connectivity index (χ1n) is 7.64. The standard InChI is InChI=1S/C16H19ClN4O2/c1-16(2)9-3-4-10-20(16)21-11-14(23-19-21)18-15(22)12-5-7-13(17)8-6-12/h5-8,11H,3-4,9-10H2,1-2H3. The van der Waals surface area contributed by atoms with Crippen LogP contribution in [0.5, 0.6) is 0 Å². The molecule has 0 saturated carbocycles. The zero-order chi connectivity index (χ0) is 16.4. The van der Waals surface area contributed by atoms with Crippen molar-refractivity contribution in [1.82, 2.24) is 5.27 Å². The fourth-order valence-electron chi connectivity index (χ4n) is 2.78. The van der Waals surface area contributed by atoms with E-state index in [1.54, 1.807) is 35.3 Å². The van der Waals surface area contributed by atoms with Crippen LogP contribution in [0.15, 0.2) is 35.0 Å². The summed E-state index contributed by atoms with van der Waals surface area (Å²) < 4.78 is 5.18. The molecule has 1 aliphatic rings. The minimum absolute atomic E-state index is 0.00273. The van der Waals surface area contributed by atoms with Crippen molar-refractivity contribution in [2.75, 3.05) is 11.6 Å².